The normalized spacial score (nSPS) is 23.3. The molecule has 1 amide bonds. The summed E-state index contributed by atoms with van der Waals surface area (Å²) < 4.78 is 0. The Hall–Kier alpha value is -1.68. The average molecular weight is 340 g/mol. The molecule has 24 heavy (non-hydrogen) atoms. The molecule has 0 unspecified atom stereocenters. The Morgan fingerprint density at radius 3 is 3.00 bits per heavy atom. The smallest absolute Gasteiger partial charge is 0.223 e. The molecule has 4 heteroatoms. The lowest BCUT2D eigenvalue weighted by molar-refractivity contribution is -0.135. The van der Waals surface area contributed by atoms with E-state index in [1.54, 1.807) is 11.3 Å². The lowest BCUT2D eigenvalue weighted by atomic mass is 9.95. The second-order valence-corrected chi connectivity index (χ2v) is 7.95. The third-order valence-corrected chi connectivity index (χ3v) is 6.49. The van der Waals surface area contributed by atoms with Crippen molar-refractivity contribution in [3.8, 4) is 0 Å². The van der Waals surface area contributed by atoms with Crippen LogP contribution in [0.25, 0.3) is 0 Å². The SMILES string of the molecule is Cc1csc([C@@H]2CCCCN2C(=O)C[C@@H]2CCc3ccccc32)n1. The third kappa shape index (κ3) is 3.00. The maximum Gasteiger partial charge on any atom is 0.223 e. The Labute approximate surface area is 147 Å². The van der Waals surface area contributed by atoms with E-state index >= 15 is 0 Å². The predicted molar refractivity (Wildman–Crippen MR) is 97.3 cm³/mol. The molecule has 0 radical (unpaired) electrons. The summed E-state index contributed by atoms with van der Waals surface area (Å²) in [6, 6.07) is 8.82. The van der Waals surface area contributed by atoms with E-state index in [1.165, 1.54) is 17.5 Å². The topological polar surface area (TPSA) is 33.2 Å². The minimum Gasteiger partial charge on any atom is -0.333 e. The molecule has 126 valence electrons. The van der Waals surface area contributed by atoms with Gasteiger partial charge in [-0.15, -0.1) is 11.3 Å². The molecule has 0 N–H and O–H groups in total. The van der Waals surface area contributed by atoms with Crippen molar-refractivity contribution >= 4 is 17.2 Å². The number of rotatable bonds is 3. The van der Waals surface area contributed by atoms with Gasteiger partial charge in [0.15, 0.2) is 0 Å². The summed E-state index contributed by atoms with van der Waals surface area (Å²) in [5.74, 6) is 0.712. The van der Waals surface area contributed by atoms with E-state index in [0.717, 1.165) is 42.9 Å². The first-order valence-electron chi connectivity index (χ1n) is 9.01. The first kappa shape index (κ1) is 15.8. The first-order chi connectivity index (χ1) is 11.7. The van der Waals surface area contributed by atoms with Gasteiger partial charge >= 0.3 is 0 Å². The van der Waals surface area contributed by atoms with Crippen LogP contribution in [0.15, 0.2) is 29.6 Å². The van der Waals surface area contributed by atoms with Crippen molar-refractivity contribution < 1.29 is 4.79 Å². The van der Waals surface area contributed by atoms with Gasteiger partial charge in [0.2, 0.25) is 5.91 Å². The van der Waals surface area contributed by atoms with Gasteiger partial charge in [0.1, 0.15) is 5.01 Å². The number of fused-ring (bicyclic) bond motifs is 1. The van der Waals surface area contributed by atoms with Crippen LogP contribution < -0.4 is 0 Å². The Bertz CT molecular complexity index is 739. The van der Waals surface area contributed by atoms with Crippen LogP contribution >= 0.6 is 11.3 Å². The molecular formula is C20H24N2OS. The standard InChI is InChI=1S/C20H24N2OS/c1-14-13-24-20(21-14)18-8-4-5-11-22(18)19(23)12-16-10-9-15-6-2-3-7-17(15)16/h2-3,6-7,13,16,18H,4-5,8-12H2,1H3/t16-,18-/m0/s1. The monoisotopic (exact) mass is 340 g/mol. The molecule has 1 aliphatic carbocycles. The quantitative estimate of drug-likeness (QED) is 0.816. The van der Waals surface area contributed by atoms with Crippen LogP contribution in [0.5, 0.6) is 0 Å². The summed E-state index contributed by atoms with van der Waals surface area (Å²) >= 11 is 1.70. The Kier molecular flexibility index (Phi) is 4.40. The van der Waals surface area contributed by atoms with E-state index in [4.69, 9.17) is 0 Å². The zero-order valence-electron chi connectivity index (χ0n) is 14.2. The zero-order valence-corrected chi connectivity index (χ0v) is 15.0. The van der Waals surface area contributed by atoms with Crippen molar-refractivity contribution in [3.05, 3.63) is 51.5 Å². The zero-order chi connectivity index (χ0) is 16.5. The van der Waals surface area contributed by atoms with Crippen molar-refractivity contribution in [2.45, 2.75) is 57.4 Å². The number of benzene rings is 1. The molecule has 2 atom stereocenters. The number of carbonyl (C=O) groups excluding carboxylic acids is 1. The maximum atomic E-state index is 13.1. The highest BCUT2D eigenvalue weighted by atomic mass is 32.1. The molecule has 1 aromatic heterocycles. The van der Waals surface area contributed by atoms with Crippen LogP contribution in [-0.4, -0.2) is 22.3 Å². The number of amides is 1. The van der Waals surface area contributed by atoms with Crippen molar-refractivity contribution in [2.24, 2.45) is 0 Å². The molecule has 1 aromatic carbocycles. The Morgan fingerprint density at radius 1 is 1.29 bits per heavy atom. The summed E-state index contributed by atoms with van der Waals surface area (Å²) in [6.07, 6.45) is 6.24. The number of aromatic nitrogens is 1. The minimum absolute atomic E-state index is 0.196. The number of piperidine rings is 1. The molecule has 3 nitrogen and oxygen atoms in total. The Morgan fingerprint density at radius 2 is 2.17 bits per heavy atom. The molecule has 4 rings (SSSR count). The number of carbonyl (C=O) groups is 1. The van der Waals surface area contributed by atoms with E-state index in [0.29, 0.717) is 18.2 Å². The second kappa shape index (κ2) is 6.67. The third-order valence-electron chi connectivity index (χ3n) is 5.42. The molecule has 2 heterocycles. The van der Waals surface area contributed by atoms with Crippen LogP contribution in [0, 0.1) is 6.92 Å². The average Bonchev–Trinajstić information content (AvgIpc) is 3.22. The highest BCUT2D eigenvalue weighted by Gasteiger charge is 2.32. The largest absolute Gasteiger partial charge is 0.333 e. The predicted octanol–water partition coefficient (Wildman–Crippen LogP) is 4.63. The molecule has 0 saturated carbocycles. The van der Waals surface area contributed by atoms with Gasteiger partial charge < -0.3 is 4.90 Å². The fourth-order valence-corrected chi connectivity index (χ4v) is 5.14. The van der Waals surface area contributed by atoms with Gasteiger partial charge in [-0.05, 0) is 56.1 Å². The molecule has 1 saturated heterocycles. The Balaban J connectivity index is 1.50. The highest BCUT2D eigenvalue weighted by molar-refractivity contribution is 7.09. The van der Waals surface area contributed by atoms with Crippen molar-refractivity contribution in [1.82, 2.24) is 9.88 Å². The first-order valence-corrected chi connectivity index (χ1v) is 9.89. The fraction of sp³-hybridized carbons (Fsp3) is 0.500. The van der Waals surface area contributed by atoms with E-state index in [1.807, 2.05) is 6.92 Å². The number of hydrogen-bond acceptors (Lipinski definition) is 3. The van der Waals surface area contributed by atoms with Crippen LogP contribution in [0.1, 0.15) is 65.9 Å². The minimum atomic E-state index is 0.196. The highest BCUT2D eigenvalue weighted by Crippen LogP contribution is 2.38. The van der Waals surface area contributed by atoms with Gasteiger partial charge in [0.05, 0.1) is 6.04 Å². The molecule has 0 spiro atoms. The van der Waals surface area contributed by atoms with Gasteiger partial charge in [-0.3, -0.25) is 4.79 Å². The summed E-state index contributed by atoms with van der Waals surface area (Å²) in [6.45, 7) is 2.92. The summed E-state index contributed by atoms with van der Waals surface area (Å²) in [5, 5.41) is 3.21. The van der Waals surface area contributed by atoms with Crippen molar-refractivity contribution in [2.75, 3.05) is 6.54 Å². The van der Waals surface area contributed by atoms with Crippen molar-refractivity contribution in [3.63, 3.8) is 0 Å². The van der Waals surface area contributed by atoms with Crippen LogP contribution in [0.2, 0.25) is 0 Å². The number of aryl methyl sites for hydroxylation is 2. The van der Waals surface area contributed by atoms with Crippen LogP contribution in [0.3, 0.4) is 0 Å². The lowest BCUT2D eigenvalue weighted by Crippen LogP contribution is -2.39. The van der Waals surface area contributed by atoms with Gasteiger partial charge in [0, 0.05) is 24.0 Å². The van der Waals surface area contributed by atoms with Gasteiger partial charge in [-0.25, -0.2) is 4.98 Å². The number of thiazole rings is 1. The number of likely N-dealkylation sites (tertiary alicyclic amines) is 1. The van der Waals surface area contributed by atoms with E-state index in [9.17, 15) is 4.79 Å². The van der Waals surface area contributed by atoms with E-state index in [2.05, 4.69) is 39.5 Å². The molecular weight excluding hydrogens is 316 g/mol. The lowest BCUT2D eigenvalue weighted by Gasteiger charge is -2.35. The van der Waals surface area contributed by atoms with Crippen LogP contribution in [0.4, 0.5) is 0 Å². The van der Waals surface area contributed by atoms with Gasteiger partial charge in [-0.1, -0.05) is 24.3 Å². The van der Waals surface area contributed by atoms with Gasteiger partial charge in [-0.2, -0.15) is 0 Å². The summed E-state index contributed by atoms with van der Waals surface area (Å²) in [5.41, 5.74) is 3.89. The van der Waals surface area contributed by atoms with Crippen LogP contribution in [-0.2, 0) is 11.2 Å². The summed E-state index contributed by atoms with van der Waals surface area (Å²) in [4.78, 5) is 19.8. The van der Waals surface area contributed by atoms with E-state index < -0.39 is 0 Å². The molecule has 0 bridgehead atoms. The van der Waals surface area contributed by atoms with Crippen molar-refractivity contribution in [1.29, 1.82) is 0 Å². The number of hydrogen-bond donors (Lipinski definition) is 0. The molecule has 2 aromatic rings. The fourth-order valence-electron chi connectivity index (χ4n) is 4.20. The maximum absolute atomic E-state index is 13.1. The molecule has 1 fully saturated rings. The second-order valence-electron chi connectivity index (χ2n) is 7.06. The van der Waals surface area contributed by atoms with Gasteiger partial charge in [0.25, 0.3) is 0 Å². The molecule has 2 aliphatic rings. The summed E-state index contributed by atoms with van der Waals surface area (Å²) in [7, 11) is 0. The molecule has 1 aliphatic heterocycles. The number of nitrogens with zero attached hydrogens (tertiary/aromatic N) is 2. The van der Waals surface area contributed by atoms with E-state index in [-0.39, 0.29) is 6.04 Å².